The number of carbonyl (C=O) groups excluding carboxylic acids is 2. The van der Waals surface area contributed by atoms with E-state index in [0.29, 0.717) is 38.0 Å². The van der Waals surface area contributed by atoms with Crippen molar-refractivity contribution in [2.45, 2.75) is 86.8 Å². The van der Waals surface area contributed by atoms with Crippen molar-refractivity contribution in [2.24, 2.45) is 0 Å². The van der Waals surface area contributed by atoms with Gasteiger partial charge in [-0.15, -0.1) is 0 Å². The van der Waals surface area contributed by atoms with Crippen molar-refractivity contribution in [1.29, 1.82) is 5.26 Å². The van der Waals surface area contributed by atoms with Gasteiger partial charge in [0.05, 0.1) is 24.7 Å². The van der Waals surface area contributed by atoms with Crippen LogP contribution in [0.1, 0.15) is 80.0 Å². The monoisotopic (exact) mass is 741 g/mol. The lowest BCUT2D eigenvalue weighted by atomic mass is 9.71. The third-order valence-electron chi connectivity index (χ3n) is 12.2. The Hall–Kier alpha value is -4.81. The number of fused-ring (bicyclic) bond motifs is 2. The predicted octanol–water partition coefficient (Wildman–Crippen LogP) is 7.41. The average Bonchev–Trinajstić information content (AvgIpc) is 3.42. The largest absolute Gasteiger partial charge is 0.465 e. The van der Waals surface area contributed by atoms with Gasteiger partial charge in [0.25, 0.3) is 0 Å². The summed E-state index contributed by atoms with van der Waals surface area (Å²) in [5.74, 6) is -0.984. The first-order valence-corrected chi connectivity index (χ1v) is 19.9. The van der Waals surface area contributed by atoms with E-state index in [9.17, 15) is 20.0 Å². The average molecular weight is 742 g/mol. The summed E-state index contributed by atoms with van der Waals surface area (Å²) in [4.78, 5) is 30.2. The molecule has 3 saturated heterocycles. The first-order chi connectivity index (χ1) is 26.8. The summed E-state index contributed by atoms with van der Waals surface area (Å²) in [6.07, 6.45) is 6.38. The van der Waals surface area contributed by atoms with Crippen LogP contribution in [-0.4, -0.2) is 84.9 Å². The highest BCUT2D eigenvalue weighted by atomic mass is 16.5. The molecule has 1 N–H and O–H groups in total. The fourth-order valence-corrected chi connectivity index (χ4v) is 8.91. The van der Waals surface area contributed by atoms with Gasteiger partial charge in [-0.25, -0.2) is 0 Å². The van der Waals surface area contributed by atoms with E-state index < -0.39 is 16.7 Å². The zero-order valence-corrected chi connectivity index (χ0v) is 32.3. The highest BCUT2D eigenvalue weighted by molar-refractivity contribution is 5.83. The molecule has 3 heterocycles. The van der Waals surface area contributed by atoms with Crippen LogP contribution in [0, 0.1) is 11.3 Å². The number of esters is 2. The maximum Gasteiger partial charge on any atom is 0.316 e. The molecule has 288 valence electrons. The lowest BCUT2D eigenvalue weighted by Gasteiger charge is -2.41. The number of rotatable bonds is 12. The Labute approximate surface area is 326 Å². The van der Waals surface area contributed by atoms with Gasteiger partial charge in [-0.1, -0.05) is 121 Å². The first-order valence-electron chi connectivity index (χ1n) is 19.9. The van der Waals surface area contributed by atoms with Gasteiger partial charge in [0.15, 0.2) is 0 Å². The number of piperidine rings is 2. The Balaban J connectivity index is 0.000000209. The molecule has 2 bridgehead atoms. The second-order valence-electron chi connectivity index (χ2n) is 15.2. The highest BCUT2D eigenvalue weighted by Gasteiger charge is 2.45. The van der Waals surface area contributed by atoms with Crippen LogP contribution >= 0.6 is 0 Å². The smallest absolute Gasteiger partial charge is 0.316 e. The van der Waals surface area contributed by atoms with E-state index in [1.165, 1.54) is 12.8 Å². The molecule has 0 saturated carbocycles. The SMILES string of the molecule is CCOC(=O)C1(c2ccccc2)CCN(CCC(C#N)(c2ccccc2)c2ccccc2)CC1.CN1C2CCC1CC(OC(=O)C(CO)c1ccccc1)C2. The van der Waals surface area contributed by atoms with Gasteiger partial charge >= 0.3 is 11.9 Å². The van der Waals surface area contributed by atoms with E-state index in [1.54, 1.807) is 0 Å². The third-order valence-corrected chi connectivity index (χ3v) is 12.2. The van der Waals surface area contributed by atoms with E-state index in [4.69, 9.17) is 9.47 Å². The number of hydrogen-bond acceptors (Lipinski definition) is 8. The topological polar surface area (TPSA) is 103 Å². The minimum atomic E-state index is -0.711. The summed E-state index contributed by atoms with van der Waals surface area (Å²) in [5, 5.41) is 20.0. The van der Waals surface area contributed by atoms with Gasteiger partial charge < -0.3 is 24.4 Å². The summed E-state index contributed by atoms with van der Waals surface area (Å²) in [6, 6.07) is 43.3. The second-order valence-corrected chi connectivity index (χ2v) is 15.2. The first kappa shape index (κ1) is 39.9. The van der Waals surface area contributed by atoms with Crippen LogP contribution in [0.3, 0.4) is 0 Å². The van der Waals surface area contributed by atoms with Gasteiger partial charge in [0.2, 0.25) is 0 Å². The van der Waals surface area contributed by atoms with E-state index in [-0.39, 0.29) is 24.6 Å². The Bertz CT molecular complexity index is 1790. The number of ether oxygens (including phenoxy) is 2. The van der Waals surface area contributed by atoms with Crippen LogP contribution in [0.15, 0.2) is 121 Å². The number of likely N-dealkylation sites (tertiary alicyclic amines) is 1. The summed E-state index contributed by atoms with van der Waals surface area (Å²) >= 11 is 0. The van der Waals surface area contributed by atoms with Crippen molar-refractivity contribution in [3.05, 3.63) is 144 Å². The molecule has 3 unspecified atom stereocenters. The lowest BCUT2D eigenvalue weighted by molar-refractivity contribution is -0.155. The molecule has 8 nitrogen and oxygen atoms in total. The van der Waals surface area contributed by atoms with Crippen LogP contribution in [0.25, 0.3) is 0 Å². The number of carbonyl (C=O) groups is 2. The molecule has 3 fully saturated rings. The zero-order valence-electron chi connectivity index (χ0n) is 32.3. The van der Waals surface area contributed by atoms with Crippen molar-refractivity contribution >= 4 is 11.9 Å². The van der Waals surface area contributed by atoms with Crippen LogP contribution in [-0.2, 0) is 29.9 Å². The Morgan fingerprint density at radius 3 is 1.84 bits per heavy atom. The molecule has 3 aliphatic heterocycles. The summed E-state index contributed by atoms with van der Waals surface area (Å²) in [7, 11) is 2.17. The number of aliphatic hydroxyl groups excluding tert-OH is 1. The van der Waals surface area contributed by atoms with Crippen molar-refractivity contribution in [3.8, 4) is 6.07 Å². The minimum absolute atomic E-state index is 0.00367. The summed E-state index contributed by atoms with van der Waals surface area (Å²) < 4.78 is 11.2. The van der Waals surface area contributed by atoms with Crippen molar-refractivity contribution in [3.63, 3.8) is 0 Å². The quantitative estimate of drug-likeness (QED) is 0.150. The molecule has 4 aromatic carbocycles. The molecule has 0 aliphatic carbocycles. The molecular formula is C47H55N3O5. The van der Waals surface area contributed by atoms with E-state index in [2.05, 4.69) is 22.9 Å². The number of benzene rings is 4. The van der Waals surface area contributed by atoms with Crippen LogP contribution in [0.2, 0.25) is 0 Å². The zero-order chi connectivity index (χ0) is 38.7. The Kier molecular flexibility index (Phi) is 13.5. The second kappa shape index (κ2) is 18.7. The van der Waals surface area contributed by atoms with Crippen molar-refractivity contribution in [2.75, 3.05) is 39.9 Å². The maximum absolute atomic E-state index is 13.1. The van der Waals surface area contributed by atoms with Gasteiger partial charge in [0.1, 0.15) is 17.4 Å². The number of aliphatic hydroxyl groups is 1. The number of nitriles is 1. The fourth-order valence-electron chi connectivity index (χ4n) is 8.91. The molecule has 3 atom stereocenters. The van der Waals surface area contributed by atoms with Crippen molar-refractivity contribution in [1.82, 2.24) is 9.80 Å². The highest BCUT2D eigenvalue weighted by Crippen LogP contribution is 2.40. The van der Waals surface area contributed by atoms with E-state index in [0.717, 1.165) is 54.7 Å². The van der Waals surface area contributed by atoms with E-state index in [1.807, 2.05) is 128 Å². The Morgan fingerprint density at radius 2 is 1.35 bits per heavy atom. The van der Waals surface area contributed by atoms with E-state index >= 15 is 0 Å². The normalized spacial score (nSPS) is 21.3. The van der Waals surface area contributed by atoms with Crippen LogP contribution in [0.4, 0.5) is 0 Å². The van der Waals surface area contributed by atoms with Gasteiger partial charge in [0, 0.05) is 18.6 Å². The van der Waals surface area contributed by atoms with Crippen molar-refractivity contribution < 1.29 is 24.2 Å². The molecule has 55 heavy (non-hydrogen) atoms. The minimum Gasteiger partial charge on any atom is -0.465 e. The molecule has 7 rings (SSSR count). The lowest BCUT2D eigenvalue weighted by Crippen LogP contribution is -2.49. The van der Waals surface area contributed by atoms with Gasteiger partial charge in [-0.2, -0.15) is 5.26 Å². The molecule has 3 aliphatic rings. The van der Waals surface area contributed by atoms with Crippen LogP contribution < -0.4 is 0 Å². The Morgan fingerprint density at radius 1 is 0.836 bits per heavy atom. The molecule has 8 heteroatoms. The predicted molar refractivity (Wildman–Crippen MR) is 214 cm³/mol. The third kappa shape index (κ3) is 9.02. The van der Waals surface area contributed by atoms with Gasteiger partial charge in [-0.05, 0) is 94.3 Å². The molecule has 0 radical (unpaired) electrons. The van der Waals surface area contributed by atoms with Gasteiger partial charge in [-0.3, -0.25) is 9.59 Å². The molecule has 0 aromatic heterocycles. The standard InChI is InChI=1S/C30H32N2O2.C17H23NO3/c1-2-34-28(33)29(25-12-6-3-7-13-25)18-21-32(22-19-29)23-20-30(24-31,26-14-8-4-9-15-26)27-16-10-5-11-17-27;1-18-13-7-8-14(18)10-15(9-13)21-17(20)16(11-19)12-5-3-2-4-6-12/h3-17H,2,18-23H2,1H3;2-6,13-16,19H,7-11H2,1H3. The number of hydrogen-bond donors (Lipinski definition) is 1. The molecular weight excluding hydrogens is 687 g/mol. The summed E-state index contributed by atoms with van der Waals surface area (Å²) in [5.41, 5.74) is 2.59. The fraction of sp³-hybridized carbons (Fsp3) is 0.426. The van der Waals surface area contributed by atoms with Crippen LogP contribution in [0.5, 0.6) is 0 Å². The maximum atomic E-state index is 13.1. The molecule has 0 amide bonds. The number of nitrogens with zero attached hydrogens (tertiary/aromatic N) is 3. The molecule has 0 spiro atoms. The molecule has 4 aromatic rings. The summed E-state index contributed by atoms with van der Waals surface area (Å²) in [6.45, 7) is 4.40.